The molecule has 1 nitrogen and oxygen atoms in total. The summed E-state index contributed by atoms with van der Waals surface area (Å²) in [5.41, 5.74) is 6.77. The third-order valence-electron chi connectivity index (χ3n) is 4.33. The van der Waals surface area contributed by atoms with Crippen molar-refractivity contribution in [2.24, 2.45) is 0 Å². The van der Waals surface area contributed by atoms with Crippen molar-refractivity contribution in [1.82, 2.24) is 4.98 Å². The Morgan fingerprint density at radius 3 is 2.43 bits per heavy atom. The molecule has 4 rings (SSSR count). The van der Waals surface area contributed by atoms with Crippen molar-refractivity contribution in [3.05, 3.63) is 101 Å². The Balaban J connectivity index is 0.00000156. The monoisotopic (exact) mass is 319 g/mol. The average Bonchev–Trinajstić information content (AvgIpc) is 2.96. The number of rotatable bonds is 2. The van der Waals surface area contributed by atoms with E-state index in [4.69, 9.17) is 0 Å². The molecule has 2 aromatic carbocycles. The Labute approximate surface area is 143 Å². The van der Waals surface area contributed by atoms with E-state index in [0.29, 0.717) is 5.92 Å². The predicted molar refractivity (Wildman–Crippen MR) is 98.7 cm³/mol. The van der Waals surface area contributed by atoms with Crippen LogP contribution >= 0.6 is 12.4 Å². The summed E-state index contributed by atoms with van der Waals surface area (Å²) in [6.07, 6.45) is 7.07. The van der Waals surface area contributed by atoms with E-state index in [0.717, 1.165) is 6.42 Å². The summed E-state index contributed by atoms with van der Waals surface area (Å²) in [6.45, 7) is 0. The normalized spacial score (nSPS) is 17.6. The van der Waals surface area contributed by atoms with Gasteiger partial charge in [0.15, 0.2) is 0 Å². The van der Waals surface area contributed by atoms with Gasteiger partial charge in [0.1, 0.15) is 0 Å². The van der Waals surface area contributed by atoms with Crippen LogP contribution in [0.4, 0.5) is 0 Å². The maximum absolute atomic E-state index is 4.22. The minimum absolute atomic E-state index is 0. The van der Waals surface area contributed by atoms with E-state index < -0.39 is 0 Å². The maximum Gasteiger partial charge on any atom is 0.0340 e. The first-order valence-electron chi connectivity index (χ1n) is 7.66. The molecule has 1 aliphatic rings. The van der Waals surface area contributed by atoms with E-state index in [2.05, 4.69) is 71.7 Å². The highest BCUT2D eigenvalue weighted by molar-refractivity contribution is 5.86. The van der Waals surface area contributed by atoms with E-state index >= 15 is 0 Å². The molecule has 1 aromatic heterocycles. The molecule has 0 bridgehead atoms. The summed E-state index contributed by atoms with van der Waals surface area (Å²) in [4.78, 5) is 4.22. The van der Waals surface area contributed by atoms with Crippen molar-refractivity contribution in [3.63, 3.8) is 0 Å². The molecule has 3 aromatic rings. The molecule has 0 N–H and O–H groups in total. The van der Waals surface area contributed by atoms with Gasteiger partial charge in [0.05, 0.1) is 0 Å². The van der Waals surface area contributed by atoms with Crippen LogP contribution in [-0.2, 0) is 0 Å². The number of hydrogen-bond acceptors (Lipinski definition) is 1. The largest absolute Gasteiger partial charge is 0.264 e. The van der Waals surface area contributed by atoms with Crippen LogP contribution in [-0.4, -0.2) is 4.98 Å². The predicted octanol–water partition coefficient (Wildman–Crippen LogP) is 5.58. The molecule has 2 heteroatoms. The summed E-state index contributed by atoms with van der Waals surface area (Å²) in [6, 6.07) is 23.7. The third-order valence-corrected chi connectivity index (χ3v) is 4.33. The number of halogens is 1. The number of aromatic nitrogens is 1. The third kappa shape index (κ3) is 3.06. The summed E-state index contributed by atoms with van der Waals surface area (Å²) in [5.74, 6) is 0.459. The second kappa shape index (κ2) is 6.80. The number of allylic oxidation sites excluding steroid dienone is 1. The molecule has 0 aliphatic heterocycles. The minimum atomic E-state index is 0. The Bertz CT molecular complexity index is 810. The van der Waals surface area contributed by atoms with Crippen LogP contribution in [0.2, 0.25) is 0 Å². The van der Waals surface area contributed by atoms with E-state index in [1.165, 1.54) is 27.8 Å². The molecule has 23 heavy (non-hydrogen) atoms. The first-order chi connectivity index (χ1) is 10.9. The SMILES string of the molecule is C(=C1CC(c2ccccc2)c2ccccc21)c1cccnc1.Cl. The number of benzene rings is 2. The molecule has 0 spiro atoms. The van der Waals surface area contributed by atoms with Gasteiger partial charge in [-0.3, -0.25) is 4.98 Å². The first-order valence-corrected chi connectivity index (χ1v) is 7.66. The summed E-state index contributed by atoms with van der Waals surface area (Å²) in [7, 11) is 0. The van der Waals surface area contributed by atoms with E-state index in [9.17, 15) is 0 Å². The van der Waals surface area contributed by atoms with Crippen LogP contribution in [0.1, 0.15) is 34.6 Å². The molecule has 0 amide bonds. The van der Waals surface area contributed by atoms with Gasteiger partial charge in [-0.15, -0.1) is 12.4 Å². The van der Waals surface area contributed by atoms with Crippen LogP contribution in [0.25, 0.3) is 11.6 Å². The molecule has 0 radical (unpaired) electrons. The van der Waals surface area contributed by atoms with Crippen LogP contribution in [0.5, 0.6) is 0 Å². The average molecular weight is 320 g/mol. The van der Waals surface area contributed by atoms with Gasteiger partial charge in [0.2, 0.25) is 0 Å². The van der Waals surface area contributed by atoms with Crippen molar-refractivity contribution >= 4 is 24.1 Å². The number of fused-ring (bicyclic) bond motifs is 1. The Morgan fingerprint density at radius 2 is 1.65 bits per heavy atom. The molecular weight excluding hydrogens is 302 g/mol. The lowest BCUT2D eigenvalue weighted by Crippen LogP contribution is -1.94. The van der Waals surface area contributed by atoms with Gasteiger partial charge >= 0.3 is 0 Å². The van der Waals surface area contributed by atoms with Crippen molar-refractivity contribution in [1.29, 1.82) is 0 Å². The molecule has 0 saturated carbocycles. The lowest BCUT2D eigenvalue weighted by molar-refractivity contribution is 0.882. The number of hydrogen-bond donors (Lipinski definition) is 0. The standard InChI is InChI=1S/C21H17N.ClH/c1-2-8-17(9-3-1)21-14-18(13-16-7-6-12-22-15-16)19-10-4-5-11-20(19)21;/h1-13,15,21H,14H2;1H. The van der Waals surface area contributed by atoms with Crippen LogP contribution in [0.15, 0.2) is 79.1 Å². The van der Waals surface area contributed by atoms with Gasteiger partial charge in [-0.25, -0.2) is 0 Å². The zero-order valence-corrected chi connectivity index (χ0v) is 13.5. The van der Waals surface area contributed by atoms with Crippen LogP contribution in [0, 0.1) is 0 Å². The minimum Gasteiger partial charge on any atom is -0.264 e. The van der Waals surface area contributed by atoms with Gasteiger partial charge in [-0.1, -0.05) is 60.7 Å². The molecule has 1 unspecified atom stereocenters. The number of nitrogens with zero attached hydrogens (tertiary/aromatic N) is 1. The fourth-order valence-corrected chi connectivity index (χ4v) is 3.32. The second-order valence-corrected chi connectivity index (χ2v) is 5.71. The van der Waals surface area contributed by atoms with Crippen molar-refractivity contribution in [2.75, 3.05) is 0 Å². The molecule has 0 saturated heterocycles. The highest BCUT2D eigenvalue weighted by Crippen LogP contribution is 2.45. The van der Waals surface area contributed by atoms with E-state index in [1.807, 2.05) is 18.5 Å². The molecule has 1 aliphatic carbocycles. The quantitative estimate of drug-likeness (QED) is 0.601. The first kappa shape index (κ1) is 15.5. The maximum atomic E-state index is 4.22. The van der Waals surface area contributed by atoms with Crippen LogP contribution < -0.4 is 0 Å². The Kier molecular flexibility index (Phi) is 4.59. The molecule has 1 atom stereocenters. The van der Waals surface area contributed by atoms with Crippen LogP contribution in [0.3, 0.4) is 0 Å². The zero-order chi connectivity index (χ0) is 14.8. The van der Waals surface area contributed by atoms with E-state index in [1.54, 1.807) is 0 Å². The number of pyridine rings is 1. The van der Waals surface area contributed by atoms with Gasteiger partial charge in [0.25, 0.3) is 0 Å². The molecule has 0 fully saturated rings. The zero-order valence-electron chi connectivity index (χ0n) is 12.7. The fourth-order valence-electron chi connectivity index (χ4n) is 3.32. The van der Waals surface area contributed by atoms with Crippen molar-refractivity contribution in [3.8, 4) is 0 Å². The van der Waals surface area contributed by atoms with E-state index in [-0.39, 0.29) is 12.4 Å². The lowest BCUT2D eigenvalue weighted by Gasteiger charge is -2.11. The van der Waals surface area contributed by atoms with Gasteiger partial charge in [-0.05, 0) is 46.4 Å². The summed E-state index contributed by atoms with van der Waals surface area (Å²) in [5, 5.41) is 0. The highest BCUT2D eigenvalue weighted by Gasteiger charge is 2.26. The molecule has 1 heterocycles. The lowest BCUT2D eigenvalue weighted by atomic mass is 9.93. The van der Waals surface area contributed by atoms with Gasteiger partial charge in [-0.2, -0.15) is 0 Å². The Hall–Kier alpha value is -2.38. The topological polar surface area (TPSA) is 12.9 Å². The summed E-state index contributed by atoms with van der Waals surface area (Å²) < 4.78 is 0. The van der Waals surface area contributed by atoms with Crippen molar-refractivity contribution in [2.45, 2.75) is 12.3 Å². The summed E-state index contributed by atoms with van der Waals surface area (Å²) >= 11 is 0. The smallest absolute Gasteiger partial charge is 0.0340 e. The molecule has 114 valence electrons. The molecular formula is C21H18ClN. The van der Waals surface area contributed by atoms with Crippen molar-refractivity contribution < 1.29 is 0 Å². The fraction of sp³-hybridized carbons (Fsp3) is 0.0952. The van der Waals surface area contributed by atoms with Gasteiger partial charge < -0.3 is 0 Å². The van der Waals surface area contributed by atoms with Gasteiger partial charge in [0, 0.05) is 18.3 Å². The second-order valence-electron chi connectivity index (χ2n) is 5.71. The highest BCUT2D eigenvalue weighted by atomic mass is 35.5. The Morgan fingerprint density at radius 1 is 0.870 bits per heavy atom.